The molecular formula is C7H16N2O5S. The summed E-state index contributed by atoms with van der Waals surface area (Å²) in [6.45, 7) is 1.91. The number of nitrogens with one attached hydrogen (secondary N) is 2. The molecule has 0 amide bonds. The summed E-state index contributed by atoms with van der Waals surface area (Å²) in [6, 6.07) is -1.11. The minimum Gasteiger partial charge on any atom is -0.480 e. The van der Waals surface area contributed by atoms with Crippen molar-refractivity contribution in [1.82, 2.24) is 9.44 Å². The first-order valence-corrected chi connectivity index (χ1v) is 5.90. The van der Waals surface area contributed by atoms with Gasteiger partial charge < -0.3 is 9.84 Å². The van der Waals surface area contributed by atoms with Gasteiger partial charge in [0.05, 0.1) is 6.61 Å². The highest BCUT2D eigenvalue weighted by Gasteiger charge is 2.21. The zero-order valence-corrected chi connectivity index (χ0v) is 9.50. The fourth-order valence-corrected chi connectivity index (χ4v) is 1.89. The Kier molecular flexibility index (Phi) is 6.41. The van der Waals surface area contributed by atoms with Crippen LogP contribution in [0.3, 0.4) is 0 Å². The Bertz CT molecular complexity index is 290. The lowest BCUT2D eigenvalue weighted by atomic mass is 10.2. The molecule has 7 nitrogen and oxygen atoms in total. The second kappa shape index (κ2) is 6.72. The SMILES string of the molecule is CC[C@H](NS(=O)(=O)NCCOC)C(=O)O. The van der Waals surface area contributed by atoms with Crippen LogP contribution >= 0.6 is 0 Å². The molecule has 8 heteroatoms. The number of hydrogen-bond donors (Lipinski definition) is 3. The van der Waals surface area contributed by atoms with Crippen LogP contribution in [0.1, 0.15) is 13.3 Å². The molecule has 0 heterocycles. The van der Waals surface area contributed by atoms with Gasteiger partial charge in [0.25, 0.3) is 10.2 Å². The highest BCUT2D eigenvalue weighted by atomic mass is 32.2. The number of rotatable bonds is 8. The summed E-state index contributed by atoms with van der Waals surface area (Å²) in [4.78, 5) is 10.6. The molecular weight excluding hydrogens is 224 g/mol. The minimum atomic E-state index is -3.77. The Morgan fingerprint density at radius 3 is 2.53 bits per heavy atom. The molecule has 0 bridgehead atoms. The van der Waals surface area contributed by atoms with E-state index < -0.39 is 22.2 Å². The predicted molar refractivity (Wildman–Crippen MR) is 53.6 cm³/mol. The molecule has 0 aromatic rings. The third-order valence-electron chi connectivity index (χ3n) is 1.60. The molecule has 90 valence electrons. The first-order valence-electron chi connectivity index (χ1n) is 4.41. The van der Waals surface area contributed by atoms with Gasteiger partial charge in [-0.15, -0.1) is 0 Å². The van der Waals surface area contributed by atoms with Gasteiger partial charge in [-0.3, -0.25) is 4.79 Å². The molecule has 1 atom stereocenters. The first kappa shape index (κ1) is 14.3. The molecule has 0 fully saturated rings. The van der Waals surface area contributed by atoms with E-state index in [2.05, 4.69) is 9.46 Å². The van der Waals surface area contributed by atoms with E-state index in [1.807, 2.05) is 4.72 Å². The largest absolute Gasteiger partial charge is 0.480 e. The van der Waals surface area contributed by atoms with Crippen molar-refractivity contribution in [2.75, 3.05) is 20.3 Å². The van der Waals surface area contributed by atoms with E-state index in [1.54, 1.807) is 6.92 Å². The van der Waals surface area contributed by atoms with Gasteiger partial charge in [-0.05, 0) is 6.42 Å². The Morgan fingerprint density at radius 1 is 1.53 bits per heavy atom. The lowest BCUT2D eigenvalue weighted by Gasteiger charge is -2.12. The lowest BCUT2D eigenvalue weighted by molar-refractivity contribution is -0.139. The van der Waals surface area contributed by atoms with Crippen molar-refractivity contribution in [3.8, 4) is 0 Å². The van der Waals surface area contributed by atoms with Crippen LogP contribution in [0.25, 0.3) is 0 Å². The van der Waals surface area contributed by atoms with E-state index in [9.17, 15) is 13.2 Å². The molecule has 0 saturated heterocycles. The Balaban J connectivity index is 4.17. The monoisotopic (exact) mass is 240 g/mol. The number of carboxylic acid groups (broad SMARTS) is 1. The maximum atomic E-state index is 11.2. The standard InChI is InChI=1S/C7H16N2O5S/c1-3-6(7(10)11)9-15(12,13)8-4-5-14-2/h6,8-9H,3-5H2,1-2H3,(H,10,11)/t6-/m0/s1. The van der Waals surface area contributed by atoms with E-state index in [-0.39, 0.29) is 19.6 Å². The van der Waals surface area contributed by atoms with Gasteiger partial charge in [0.2, 0.25) is 0 Å². The van der Waals surface area contributed by atoms with E-state index in [4.69, 9.17) is 5.11 Å². The topological polar surface area (TPSA) is 105 Å². The van der Waals surface area contributed by atoms with Crippen molar-refractivity contribution in [3.05, 3.63) is 0 Å². The van der Waals surface area contributed by atoms with Crippen LogP contribution in [0.15, 0.2) is 0 Å². The van der Waals surface area contributed by atoms with Crippen LogP contribution in [0.4, 0.5) is 0 Å². The predicted octanol–water partition coefficient (Wildman–Crippen LogP) is -1.08. The van der Waals surface area contributed by atoms with Crippen molar-refractivity contribution in [2.24, 2.45) is 0 Å². The summed E-state index contributed by atoms with van der Waals surface area (Å²) in [5.41, 5.74) is 0. The number of methoxy groups -OCH3 is 1. The number of carbonyl (C=O) groups is 1. The quantitative estimate of drug-likeness (QED) is 0.468. The van der Waals surface area contributed by atoms with Gasteiger partial charge in [-0.1, -0.05) is 6.92 Å². The average molecular weight is 240 g/mol. The Labute approximate surface area is 89.0 Å². The molecule has 0 spiro atoms. The average Bonchev–Trinajstić information content (AvgIpc) is 2.14. The Morgan fingerprint density at radius 2 is 2.13 bits per heavy atom. The van der Waals surface area contributed by atoms with Gasteiger partial charge in [0.1, 0.15) is 6.04 Å². The molecule has 3 N–H and O–H groups in total. The molecule has 0 radical (unpaired) electrons. The first-order chi connectivity index (χ1) is 6.93. The lowest BCUT2D eigenvalue weighted by Crippen LogP contribution is -2.46. The van der Waals surface area contributed by atoms with Crippen LogP contribution in [0, 0.1) is 0 Å². The fourth-order valence-electron chi connectivity index (χ4n) is 0.815. The van der Waals surface area contributed by atoms with Gasteiger partial charge >= 0.3 is 5.97 Å². The number of aliphatic carboxylic acids is 1. The smallest absolute Gasteiger partial charge is 0.321 e. The highest BCUT2D eigenvalue weighted by Crippen LogP contribution is 1.93. The van der Waals surface area contributed by atoms with Crippen LogP contribution in [-0.2, 0) is 19.7 Å². The fraction of sp³-hybridized carbons (Fsp3) is 0.857. The molecule has 0 unspecified atom stereocenters. The van der Waals surface area contributed by atoms with Gasteiger partial charge in [0.15, 0.2) is 0 Å². The maximum absolute atomic E-state index is 11.2. The third-order valence-corrected chi connectivity index (χ3v) is 2.78. The molecule has 0 saturated carbocycles. The van der Waals surface area contributed by atoms with E-state index in [0.717, 1.165) is 0 Å². The summed E-state index contributed by atoms with van der Waals surface area (Å²) in [7, 11) is -2.33. The summed E-state index contributed by atoms with van der Waals surface area (Å²) in [5.74, 6) is -1.20. The van der Waals surface area contributed by atoms with E-state index in [0.29, 0.717) is 0 Å². The maximum Gasteiger partial charge on any atom is 0.321 e. The van der Waals surface area contributed by atoms with E-state index >= 15 is 0 Å². The van der Waals surface area contributed by atoms with Gasteiger partial charge in [0, 0.05) is 13.7 Å². The van der Waals surface area contributed by atoms with Crippen molar-refractivity contribution < 1.29 is 23.1 Å². The normalized spacial score (nSPS) is 13.7. The number of carboxylic acids is 1. The second-order valence-electron chi connectivity index (χ2n) is 2.81. The number of hydrogen-bond acceptors (Lipinski definition) is 4. The molecule has 0 aromatic carbocycles. The highest BCUT2D eigenvalue weighted by molar-refractivity contribution is 7.87. The summed E-state index contributed by atoms with van der Waals surface area (Å²) < 4.78 is 31.3. The molecule has 0 rings (SSSR count). The van der Waals surface area contributed by atoms with Crippen molar-refractivity contribution in [2.45, 2.75) is 19.4 Å². The van der Waals surface area contributed by atoms with Crippen molar-refractivity contribution in [1.29, 1.82) is 0 Å². The van der Waals surface area contributed by atoms with Crippen molar-refractivity contribution in [3.63, 3.8) is 0 Å². The van der Waals surface area contributed by atoms with Crippen LogP contribution in [0.5, 0.6) is 0 Å². The molecule has 0 aliphatic rings. The molecule has 15 heavy (non-hydrogen) atoms. The molecule has 0 aliphatic carbocycles. The number of ether oxygens (including phenoxy) is 1. The summed E-state index contributed by atoms with van der Waals surface area (Å²) >= 11 is 0. The van der Waals surface area contributed by atoms with E-state index in [1.165, 1.54) is 7.11 Å². The Hall–Kier alpha value is -0.700. The summed E-state index contributed by atoms with van der Waals surface area (Å²) in [5, 5.41) is 8.63. The van der Waals surface area contributed by atoms with Gasteiger partial charge in [-0.25, -0.2) is 0 Å². The van der Waals surface area contributed by atoms with Crippen LogP contribution in [-0.4, -0.2) is 45.8 Å². The zero-order chi connectivity index (χ0) is 11.9. The van der Waals surface area contributed by atoms with Crippen molar-refractivity contribution >= 4 is 16.2 Å². The molecule has 0 aromatic heterocycles. The molecule has 0 aliphatic heterocycles. The van der Waals surface area contributed by atoms with Crippen LogP contribution < -0.4 is 9.44 Å². The zero-order valence-electron chi connectivity index (χ0n) is 8.69. The van der Waals surface area contributed by atoms with Gasteiger partial charge in [-0.2, -0.15) is 17.9 Å². The second-order valence-corrected chi connectivity index (χ2v) is 4.34. The summed E-state index contributed by atoms with van der Waals surface area (Å²) in [6.07, 6.45) is 0.181. The minimum absolute atomic E-state index is 0.0991. The van der Waals surface area contributed by atoms with Crippen LogP contribution in [0.2, 0.25) is 0 Å². The third kappa shape index (κ3) is 6.39.